The maximum Gasteiger partial charge on any atom is 0.387 e. The lowest BCUT2D eigenvalue weighted by molar-refractivity contribution is -0.140. The van der Waals surface area contributed by atoms with Gasteiger partial charge in [0.2, 0.25) is 5.89 Å². The van der Waals surface area contributed by atoms with Crippen LogP contribution in [0.1, 0.15) is 12.1 Å². The molecule has 0 aliphatic rings. The van der Waals surface area contributed by atoms with Crippen molar-refractivity contribution >= 4 is 5.97 Å². The molecule has 22 heavy (non-hydrogen) atoms. The molecule has 1 N–H and O–H groups in total. The van der Waals surface area contributed by atoms with Gasteiger partial charge in [-0.3, -0.25) is 4.79 Å². The standard InChI is InChI=1S/C14H13F2NO5/c1-20-12(19)5-3-9-7-21-13(17-9)8-2-4-11(10(18)6-8)22-14(15)16/h2,4,6-7,14,18H,3,5H2,1H3. The first-order chi connectivity index (χ1) is 10.5. The Kier molecular flexibility index (Phi) is 4.92. The van der Waals surface area contributed by atoms with Crippen LogP contribution in [-0.2, 0) is 16.0 Å². The summed E-state index contributed by atoms with van der Waals surface area (Å²) in [6.07, 6.45) is 1.88. The van der Waals surface area contributed by atoms with Gasteiger partial charge in [0, 0.05) is 12.0 Å². The van der Waals surface area contributed by atoms with Gasteiger partial charge in [-0.1, -0.05) is 0 Å². The predicted molar refractivity (Wildman–Crippen MR) is 70.6 cm³/mol. The van der Waals surface area contributed by atoms with Crippen LogP contribution in [0.15, 0.2) is 28.9 Å². The lowest BCUT2D eigenvalue weighted by Crippen LogP contribution is -2.02. The summed E-state index contributed by atoms with van der Waals surface area (Å²) in [5, 5.41) is 9.63. The van der Waals surface area contributed by atoms with E-state index in [2.05, 4.69) is 14.5 Å². The predicted octanol–water partition coefficient (Wildman–Crippen LogP) is 2.75. The molecule has 0 aliphatic carbocycles. The molecule has 0 fully saturated rings. The van der Waals surface area contributed by atoms with Crippen LogP contribution in [0.3, 0.4) is 0 Å². The largest absolute Gasteiger partial charge is 0.504 e. The topological polar surface area (TPSA) is 81.8 Å². The molecule has 0 spiro atoms. The number of carbonyl (C=O) groups excluding carboxylic acids is 1. The second kappa shape index (κ2) is 6.88. The number of phenolic OH excluding ortho intramolecular Hbond substituents is 1. The van der Waals surface area contributed by atoms with Crippen LogP contribution in [0.2, 0.25) is 0 Å². The first kappa shape index (κ1) is 15.7. The maximum atomic E-state index is 12.1. The first-order valence-corrected chi connectivity index (χ1v) is 6.29. The number of esters is 1. The zero-order chi connectivity index (χ0) is 16.1. The number of aromatic nitrogens is 1. The normalized spacial score (nSPS) is 10.7. The van der Waals surface area contributed by atoms with Crippen molar-refractivity contribution in [2.45, 2.75) is 19.5 Å². The van der Waals surface area contributed by atoms with E-state index in [4.69, 9.17) is 4.42 Å². The number of oxazole rings is 1. The second-order valence-corrected chi connectivity index (χ2v) is 4.28. The second-order valence-electron chi connectivity index (χ2n) is 4.28. The third-order valence-electron chi connectivity index (χ3n) is 2.79. The number of carbonyl (C=O) groups is 1. The van der Waals surface area contributed by atoms with Gasteiger partial charge in [-0.15, -0.1) is 0 Å². The Labute approximate surface area is 124 Å². The summed E-state index contributed by atoms with van der Waals surface area (Å²) < 4.78 is 38.1. The fourth-order valence-electron chi connectivity index (χ4n) is 1.73. The summed E-state index contributed by atoms with van der Waals surface area (Å²) in [6, 6.07) is 3.82. The molecule has 0 bridgehead atoms. The molecule has 8 heteroatoms. The molecule has 0 aliphatic heterocycles. The lowest BCUT2D eigenvalue weighted by atomic mass is 10.2. The highest BCUT2D eigenvalue weighted by atomic mass is 19.3. The Morgan fingerprint density at radius 1 is 1.45 bits per heavy atom. The van der Waals surface area contributed by atoms with E-state index in [9.17, 15) is 18.7 Å². The molecule has 0 saturated carbocycles. The van der Waals surface area contributed by atoms with Gasteiger partial charge in [0.25, 0.3) is 0 Å². The number of nitrogens with zero attached hydrogens (tertiary/aromatic N) is 1. The molecule has 0 unspecified atom stereocenters. The quantitative estimate of drug-likeness (QED) is 0.826. The van der Waals surface area contributed by atoms with Crippen molar-refractivity contribution in [1.29, 1.82) is 0 Å². The minimum Gasteiger partial charge on any atom is -0.504 e. The Balaban J connectivity index is 2.10. The third-order valence-corrected chi connectivity index (χ3v) is 2.79. The Hall–Kier alpha value is -2.64. The number of methoxy groups -OCH3 is 1. The summed E-state index contributed by atoms with van der Waals surface area (Å²) in [5.74, 6) is -0.960. The van der Waals surface area contributed by atoms with Crippen molar-refractivity contribution in [1.82, 2.24) is 4.98 Å². The maximum absolute atomic E-state index is 12.1. The summed E-state index contributed by atoms with van der Waals surface area (Å²) in [5.41, 5.74) is 0.927. The van der Waals surface area contributed by atoms with E-state index >= 15 is 0 Å². The van der Waals surface area contributed by atoms with Gasteiger partial charge in [-0.2, -0.15) is 8.78 Å². The molecule has 6 nitrogen and oxygen atoms in total. The zero-order valence-electron chi connectivity index (χ0n) is 11.6. The van der Waals surface area contributed by atoms with Crippen LogP contribution >= 0.6 is 0 Å². The van der Waals surface area contributed by atoms with Gasteiger partial charge in [0.15, 0.2) is 11.5 Å². The highest BCUT2D eigenvalue weighted by Crippen LogP contribution is 2.32. The number of benzene rings is 1. The summed E-state index contributed by atoms with van der Waals surface area (Å²) >= 11 is 0. The smallest absolute Gasteiger partial charge is 0.387 e. The number of alkyl halides is 2. The molecule has 118 valence electrons. The molecule has 0 atom stereocenters. The van der Waals surface area contributed by atoms with Crippen molar-refractivity contribution in [2.24, 2.45) is 0 Å². The van der Waals surface area contributed by atoms with Crippen LogP contribution < -0.4 is 4.74 Å². The molecule has 0 radical (unpaired) electrons. The molecule has 1 heterocycles. The fourth-order valence-corrected chi connectivity index (χ4v) is 1.73. The van der Waals surface area contributed by atoms with Crippen molar-refractivity contribution in [3.05, 3.63) is 30.2 Å². The summed E-state index contributed by atoms with van der Waals surface area (Å²) in [6.45, 7) is -3.02. The number of ether oxygens (including phenoxy) is 2. The van der Waals surface area contributed by atoms with E-state index in [1.807, 2.05) is 0 Å². The minimum atomic E-state index is -3.02. The Morgan fingerprint density at radius 2 is 2.23 bits per heavy atom. The SMILES string of the molecule is COC(=O)CCc1coc(-c2ccc(OC(F)F)c(O)c2)n1. The lowest BCUT2D eigenvalue weighted by Gasteiger charge is -2.06. The van der Waals surface area contributed by atoms with Gasteiger partial charge < -0.3 is 19.0 Å². The van der Waals surface area contributed by atoms with Crippen LogP contribution in [0.25, 0.3) is 11.5 Å². The number of hydrogen-bond donors (Lipinski definition) is 1. The van der Waals surface area contributed by atoms with Crippen LogP contribution in [0.5, 0.6) is 11.5 Å². The number of phenols is 1. The molecule has 2 aromatic rings. The first-order valence-electron chi connectivity index (χ1n) is 6.29. The number of aryl methyl sites for hydroxylation is 1. The van der Waals surface area contributed by atoms with E-state index in [0.29, 0.717) is 17.7 Å². The van der Waals surface area contributed by atoms with Gasteiger partial charge in [-0.05, 0) is 18.2 Å². The van der Waals surface area contributed by atoms with Crippen LogP contribution in [-0.4, -0.2) is 29.8 Å². The van der Waals surface area contributed by atoms with Gasteiger partial charge in [-0.25, -0.2) is 4.98 Å². The minimum absolute atomic E-state index is 0.162. The number of hydrogen-bond acceptors (Lipinski definition) is 6. The highest BCUT2D eigenvalue weighted by molar-refractivity contribution is 5.69. The average molecular weight is 313 g/mol. The van der Waals surface area contributed by atoms with Gasteiger partial charge >= 0.3 is 12.6 Å². The van der Waals surface area contributed by atoms with E-state index < -0.39 is 12.4 Å². The fraction of sp³-hybridized carbons (Fsp3) is 0.286. The Bertz CT molecular complexity index is 656. The molecular weight excluding hydrogens is 300 g/mol. The van der Waals surface area contributed by atoms with Crippen LogP contribution in [0.4, 0.5) is 8.78 Å². The van der Waals surface area contributed by atoms with E-state index in [-0.39, 0.29) is 24.0 Å². The van der Waals surface area contributed by atoms with Crippen LogP contribution in [0, 0.1) is 0 Å². The average Bonchev–Trinajstić information content (AvgIpc) is 2.95. The number of halogens is 2. The monoisotopic (exact) mass is 313 g/mol. The molecule has 2 rings (SSSR count). The Morgan fingerprint density at radius 3 is 2.86 bits per heavy atom. The number of aromatic hydroxyl groups is 1. The third kappa shape index (κ3) is 3.94. The molecule has 1 aromatic heterocycles. The summed E-state index contributed by atoms with van der Waals surface area (Å²) in [7, 11) is 1.29. The van der Waals surface area contributed by atoms with Crippen molar-refractivity contribution < 1.29 is 32.6 Å². The highest BCUT2D eigenvalue weighted by Gasteiger charge is 2.13. The van der Waals surface area contributed by atoms with Gasteiger partial charge in [0.05, 0.1) is 19.2 Å². The van der Waals surface area contributed by atoms with E-state index in [1.165, 1.54) is 31.6 Å². The van der Waals surface area contributed by atoms with Crippen molar-refractivity contribution in [3.8, 4) is 23.0 Å². The van der Waals surface area contributed by atoms with Crippen molar-refractivity contribution in [2.75, 3.05) is 7.11 Å². The summed E-state index contributed by atoms with van der Waals surface area (Å²) in [4.78, 5) is 15.2. The zero-order valence-corrected chi connectivity index (χ0v) is 11.6. The molecular formula is C14H13F2NO5. The van der Waals surface area contributed by atoms with Crippen molar-refractivity contribution in [3.63, 3.8) is 0 Å². The van der Waals surface area contributed by atoms with E-state index in [0.717, 1.165) is 0 Å². The van der Waals surface area contributed by atoms with Gasteiger partial charge in [0.1, 0.15) is 6.26 Å². The number of rotatable bonds is 6. The molecule has 0 saturated heterocycles. The molecule has 1 aromatic carbocycles. The van der Waals surface area contributed by atoms with E-state index in [1.54, 1.807) is 0 Å². The molecule has 0 amide bonds.